The van der Waals surface area contributed by atoms with E-state index >= 15 is 0 Å². The van der Waals surface area contributed by atoms with Gasteiger partial charge in [0.05, 0.1) is 5.69 Å². The number of piperazine rings is 1. The average molecular weight is 365 g/mol. The van der Waals surface area contributed by atoms with Crippen LogP contribution >= 0.6 is 0 Å². The topological polar surface area (TPSA) is 74.4 Å². The van der Waals surface area contributed by atoms with E-state index < -0.39 is 0 Å². The van der Waals surface area contributed by atoms with Crippen LogP contribution in [0.15, 0.2) is 41.2 Å². The van der Waals surface area contributed by atoms with Crippen molar-refractivity contribution in [2.45, 2.75) is 6.92 Å². The first kappa shape index (κ1) is 17.3. The average Bonchev–Trinajstić information content (AvgIpc) is 3.14. The first-order valence-electron chi connectivity index (χ1n) is 9.01. The molecule has 140 valence electrons. The smallest absolute Gasteiger partial charge is 0.225 e. The maximum absolute atomic E-state index is 4.81. The molecule has 8 heteroatoms. The number of aromatic nitrogens is 4. The van der Waals surface area contributed by atoms with Crippen LogP contribution in [0.1, 0.15) is 5.69 Å². The van der Waals surface area contributed by atoms with Crippen LogP contribution in [0.5, 0.6) is 0 Å². The second-order valence-electron chi connectivity index (χ2n) is 6.83. The highest BCUT2D eigenvalue weighted by Crippen LogP contribution is 2.23. The van der Waals surface area contributed by atoms with Crippen molar-refractivity contribution in [1.82, 2.24) is 20.3 Å². The Kier molecular flexibility index (Phi) is 4.62. The third-order valence-electron chi connectivity index (χ3n) is 4.81. The molecule has 0 bridgehead atoms. The third-order valence-corrected chi connectivity index (χ3v) is 4.81. The van der Waals surface area contributed by atoms with Gasteiger partial charge in [-0.05, 0) is 30.3 Å². The number of benzene rings is 1. The van der Waals surface area contributed by atoms with Crippen LogP contribution < -0.4 is 14.7 Å². The molecule has 8 nitrogen and oxygen atoms in total. The van der Waals surface area contributed by atoms with Crippen molar-refractivity contribution in [3.63, 3.8) is 0 Å². The van der Waals surface area contributed by atoms with Gasteiger partial charge in [-0.1, -0.05) is 17.3 Å². The summed E-state index contributed by atoms with van der Waals surface area (Å²) in [7, 11) is 4.07. The van der Waals surface area contributed by atoms with Crippen LogP contribution in [-0.4, -0.2) is 60.6 Å². The van der Waals surface area contributed by atoms with Crippen LogP contribution in [0.4, 0.5) is 17.5 Å². The lowest BCUT2D eigenvalue weighted by molar-refractivity contribution is 0.304. The Morgan fingerprint density at radius 1 is 0.926 bits per heavy atom. The van der Waals surface area contributed by atoms with Crippen molar-refractivity contribution in [1.29, 1.82) is 0 Å². The number of hydrogen-bond donors (Lipinski definition) is 0. The highest BCUT2D eigenvalue weighted by molar-refractivity contribution is 5.63. The monoisotopic (exact) mass is 365 g/mol. The minimum atomic E-state index is 0.763. The van der Waals surface area contributed by atoms with Crippen LogP contribution in [0.2, 0.25) is 0 Å². The zero-order chi connectivity index (χ0) is 18.8. The highest BCUT2D eigenvalue weighted by Gasteiger charge is 2.23. The number of nitrogens with zero attached hydrogens (tertiary/aromatic N) is 7. The normalized spacial score (nSPS) is 14.5. The molecule has 1 fully saturated rings. The van der Waals surface area contributed by atoms with Crippen molar-refractivity contribution in [2.75, 3.05) is 55.0 Å². The van der Waals surface area contributed by atoms with Gasteiger partial charge in [0.1, 0.15) is 5.69 Å². The van der Waals surface area contributed by atoms with Crippen LogP contribution in [0.25, 0.3) is 11.3 Å². The van der Waals surface area contributed by atoms with E-state index in [1.165, 1.54) is 5.69 Å². The summed E-state index contributed by atoms with van der Waals surface area (Å²) in [6, 6.07) is 10.3. The van der Waals surface area contributed by atoms with Crippen molar-refractivity contribution >= 4 is 17.5 Å². The summed E-state index contributed by atoms with van der Waals surface area (Å²) in [5.74, 6) is 1.59. The SMILES string of the molecule is Cc1nonc1N1CCN(c2nccc(-c3ccc(N(C)C)cc3)n2)CC1. The van der Waals surface area contributed by atoms with E-state index in [9.17, 15) is 0 Å². The standard InChI is InChI=1S/C19H23N7O/c1-14-18(23-27-22-14)25-10-12-26(13-11-25)19-20-9-8-17(21-19)15-4-6-16(7-5-15)24(2)3/h4-9H,10-13H2,1-3H3. The van der Waals surface area contributed by atoms with Gasteiger partial charge in [-0.2, -0.15) is 0 Å². The van der Waals surface area contributed by atoms with Gasteiger partial charge < -0.3 is 14.7 Å². The van der Waals surface area contributed by atoms with Gasteiger partial charge in [0.25, 0.3) is 0 Å². The Morgan fingerprint density at radius 2 is 1.63 bits per heavy atom. The fraction of sp³-hybridized carbons (Fsp3) is 0.368. The van der Waals surface area contributed by atoms with E-state index in [0.29, 0.717) is 0 Å². The maximum Gasteiger partial charge on any atom is 0.225 e. The molecule has 0 amide bonds. The Bertz CT molecular complexity index is 898. The Hall–Kier alpha value is -3.16. The first-order valence-corrected chi connectivity index (χ1v) is 9.01. The van der Waals surface area contributed by atoms with Gasteiger partial charge >= 0.3 is 0 Å². The number of anilines is 3. The van der Waals surface area contributed by atoms with Crippen molar-refractivity contribution in [3.05, 3.63) is 42.2 Å². The molecular weight excluding hydrogens is 342 g/mol. The minimum absolute atomic E-state index is 0.763. The van der Waals surface area contributed by atoms with Gasteiger partial charge in [0, 0.05) is 57.7 Å². The number of rotatable bonds is 4. The molecule has 0 atom stereocenters. The second-order valence-corrected chi connectivity index (χ2v) is 6.83. The highest BCUT2D eigenvalue weighted by atomic mass is 16.6. The van der Waals surface area contributed by atoms with Gasteiger partial charge in [-0.25, -0.2) is 14.6 Å². The fourth-order valence-electron chi connectivity index (χ4n) is 3.22. The number of aryl methyl sites for hydroxylation is 1. The summed E-state index contributed by atoms with van der Waals surface area (Å²) >= 11 is 0. The summed E-state index contributed by atoms with van der Waals surface area (Å²) in [5, 5.41) is 7.86. The quantitative estimate of drug-likeness (QED) is 0.697. The Morgan fingerprint density at radius 3 is 2.26 bits per heavy atom. The molecule has 0 radical (unpaired) electrons. The van der Waals surface area contributed by atoms with Crippen LogP contribution in [-0.2, 0) is 0 Å². The molecule has 0 aliphatic carbocycles. The van der Waals surface area contributed by atoms with Gasteiger partial charge in [0.15, 0.2) is 5.82 Å². The summed E-state index contributed by atoms with van der Waals surface area (Å²) < 4.78 is 4.81. The molecule has 3 aromatic rings. The van der Waals surface area contributed by atoms with Crippen molar-refractivity contribution in [3.8, 4) is 11.3 Å². The van der Waals surface area contributed by atoms with Crippen molar-refractivity contribution in [2.24, 2.45) is 0 Å². The Labute approximate surface area is 158 Å². The molecule has 4 rings (SSSR count). The molecule has 1 saturated heterocycles. The summed E-state index contributed by atoms with van der Waals surface area (Å²) in [4.78, 5) is 15.7. The molecule has 1 aliphatic rings. The number of hydrogen-bond acceptors (Lipinski definition) is 8. The van der Waals surface area contributed by atoms with E-state index in [1.54, 1.807) is 0 Å². The van der Waals surface area contributed by atoms with Crippen LogP contribution in [0.3, 0.4) is 0 Å². The molecule has 1 aliphatic heterocycles. The summed E-state index contributed by atoms with van der Waals surface area (Å²) in [6.45, 7) is 5.23. The van der Waals surface area contributed by atoms with Crippen molar-refractivity contribution < 1.29 is 4.63 Å². The molecule has 0 spiro atoms. The molecule has 0 saturated carbocycles. The predicted molar refractivity (Wildman–Crippen MR) is 105 cm³/mol. The molecule has 2 aromatic heterocycles. The molecular formula is C19H23N7O. The van der Waals surface area contributed by atoms with Crippen LogP contribution in [0, 0.1) is 6.92 Å². The van der Waals surface area contributed by atoms with E-state index in [0.717, 1.165) is 54.9 Å². The van der Waals surface area contributed by atoms with E-state index in [-0.39, 0.29) is 0 Å². The van der Waals surface area contributed by atoms with Gasteiger partial charge in [0.2, 0.25) is 5.95 Å². The zero-order valence-corrected chi connectivity index (χ0v) is 15.8. The maximum atomic E-state index is 4.81. The lowest BCUT2D eigenvalue weighted by atomic mass is 10.1. The lowest BCUT2D eigenvalue weighted by Gasteiger charge is -2.34. The minimum Gasteiger partial charge on any atom is -0.378 e. The second kappa shape index (κ2) is 7.22. The van der Waals surface area contributed by atoms with Gasteiger partial charge in [-0.15, -0.1) is 0 Å². The lowest BCUT2D eigenvalue weighted by Crippen LogP contribution is -2.47. The predicted octanol–water partition coefficient (Wildman–Crippen LogP) is 2.23. The molecule has 1 aromatic carbocycles. The molecule has 0 unspecified atom stereocenters. The zero-order valence-electron chi connectivity index (χ0n) is 15.8. The van der Waals surface area contributed by atoms with E-state index in [1.807, 2.05) is 33.3 Å². The van der Waals surface area contributed by atoms with E-state index in [2.05, 4.69) is 54.3 Å². The Balaban J connectivity index is 1.47. The largest absolute Gasteiger partial charge is 0.378 e. The molecule has 0 N–H and O–H groups in total. The summed E-state index contributed by atoms with van der Waals surface area (Å²) in [5.41, 5.74) is 4.01. The summed E-state index contributed by atoms with van der Waals surface area (Å²) in [6.07, 6.45) is 1.83. The molecule has 3 heterocycles. The fourth-order valence-corrected chi connectivity index (χ4v) is 3.22. The first-order chi connectivity index (χ1) is 13.1. The molecule has 27 heavy (non-hydrogen) atoms. The van der Waals surface area contributed by atoms with E-state index in [4.69, 9.17) is 9.61 Å². The third kappa shape index (κ3) is 3.55. The van der Waals surface area contributed by atoms with Gasteiger partial charge in [-0.3, -0.25) is 0 Å².